The largest absolute Gasteiger partial charge is 0.336 e. The fraction of sp³-hybridized carbons (Fsp3) is 0.250. The van der Waals surface area contributed by atoms with Crippen molar-refractivity contribution in [2.45, 2.75) is 19.4 Å². The minimum absolute atomic E-state index is 0.237. The summed E-state index contributed by atoms with van der Waals surface area (Å²) in [6.45, 7) is 3.20. The van der Waals surface area contributed by atoms with Crippen molar-refractivity contribution in [3.63, 3.8) is 0 Å². The molecular formula is C12H11Cl2NO. The number of rotatable bonds is 2. The molecule has 16 heavy (non-hydrogen) atoms. The van der Waals surface area contributed by atoms with Crippen LogP contribution in [0.3, 0.4) is 0 Å². The predicted octanol–water partition coefficient (Wildman–Crippen LogP) is 3.14. The van der Waals surface area contributed by atoms with E-state index in [0.29, 0.717) is 10.0 Å². The average Bonchev–Trinajstić information content (AvgIpc) is 2.25. The summed E-state index contributed by atoms with van der Waals surface area (Å²) in [4.78, 5) is 12.0. The molecule has 1 aromatic rings. The van der Waals surface area contributed by atoms with Crippen LogP contribution < -0.4 is 5.31 Å². The normalized spacial score (nSPS) is 11.6. The highest BCUT2D eigenvalue weighted by atomic mass is 35.5. The van der Waals surface area contributed by atoms with Gasteiger partial charge in [0.1, 0.15) is 0 Å². The molecule has 0 aliphatic carbocycles. The number of nitrogens with one attached hydrogen (secondary N) is 1. The summed E-state index contributed by atoms with van der Waals surface area (Å²) in [5, 5.41) is 1.41. The highest BCUT2D eigenvalue weighted by molar-refractivity contribution is 6.35. The third kappa shape index (κ3) is 3.44. The smallest absolute Gasteiger partial charge is 0.252 e. The zero-order chi connectivity index (χ0) is 13.2. The monoisotopic (exact) mass is 256 g/mol. The van der Waals surface area contributed by atoms with Crippen LogP contribution in [0.4, 0.5) is 0 Å². The van der Waals surface area contributed by atoms with Crippen LogP contribution in [0.5, 0.6) is 0 Å². The Balaban J connectivity index is 3.10. The molecule has 0 aromatic heterocycles. The lowest BCUT2D eigenvalue weighted by Gasteiger charge is -2.19. The summed E-state index contributed by atoms with van der Waals surface area (Å²) in [5.41, 5.74) is -0.757. The summed E-state index contributed by atoms with van der Waals surface area (Å²) < 4.78 is 7.71. The van der Waals surface area contributed by atoms with Crippen molar-refractivity contribution in [1.82, 2.24) is 5.31 Å². The van der Waals surface area contributed by atoms with Gasteiger partial charge in [-0.1, -0.05) is 29.1 Å². The van der Waals surface area contributed by atoms with Gasteiger partial charge in [-0.2, -0.15) is 0 Å². The van der Waals surface area contributed by atoms with Crippen molar-refractivity contribution in [1.29, 1.82) is 0 Å². The van der Waals surface area contributed by atoms with E-state index in [1.165, 1.54) is 18.2 Å². The molecule has 1 amide bonds. The molecule has 1 rings (SSSR count). The van der Waals surface area contributed by atoms with Crippen molar-refractivity contribution in [2.24, 2.45) is 0 Å². The van der Waals surface area contributed by atoms with Crippen LogP contribution in [0.1, 0.15) is 24.2 Å². The molecule has 0 saturated carbocycles. The first-order valence-corrected chi connectivity index (χ1v) is 5.31. The van der Waals surface area contributed by atoms with Crippen LogP contribution >= 0.6 is 23.2 Å². The Morgan fingerprint density at radius 2 is 1.94 bits per heavy atom. The summed E-state index contributed by atoms with van der Waals surface area (Å²) in [6.07, 6.45) is 5.27. The van der Waals surface area contributed by atoms with Gasteiger partial charge in [0.25, 0.3) is 5.91 Å². The molecule has 4 heteroatoms. The first-order chi connectivity index (χ1) is 7.77. The Morgan fingerprint density at radius 1 is 1.44 bits per heavy atom. The van der Waals surface area contributed by atoms with E-state index in [9.17, 15) is 4.79 Å². The highest BCUT2D eigenvalue weighted by Crippen LogP contribution is 2.19. The molecule has 0 unspecified atom stereocenters. The SMILES string of the molecule is [2H]N(C(=O)c1cc(Cl)cc(Cl)c1)C(C)(C)C#C. The third-order valence-electron chi connectivity index (χ3n) is 1.84. The van der Waals surface area contributed by atoms with Crippen molar-refractivity contribution in [3.8, 4) is 12.3 Å². The van der Waals surface area contributed by atoms with Gasteiger partial charge in [-0.15, -0.1) is 6.42 Å². The molecule has 0 aliphatic heterocycles. The topological polar surface area (TPSA) is 29.1 Å². The third-order valence-corrected chi connectivity index (χ3v) is 2.28. The molecule has 0 saturated heterocycles. The maximum atomic E-state index is 12.0. The Bertz CT molecular complexity index is 474. The highest BCUT2D eigenvalue weighted by Gasteiger charge is 2.18. The van der Waals surface area contributed by atoms with Gasteiger partial charge >= 0.3 is 0 Å². The summed E-state index contributed by atoms with van der Waals surface area (Å²) >= 11 is 11.6. The average molecular weight is 257 g/mol. The van der Waals surface area contributed by atoms with Crippen molar-refractivity contribution in [2.75, 3.05) is 0 Å². The maximum Gasteiger partial charge on any atom is 0.252 e. The van der Waals surface area contributed by atoms with E-state index in [0.717, 1.165) is 5.31 Å². The molecule has 1 aromatic carbocycles. The molecule has 0 atom stereocenters. The molecule has 0 radical (unpaired) electrons. The quantitative estimate of drug-likeness (QED) is 0.810. The number of hydrogen-bond donors (Lipinski definition) is 1. The summed E-state index contributed by atoms with van der Waals surface area (Å²) in [5.74, 6) is 1.83. The van der Waals surface area contributed by atoms with Gasteiger partial charge in [0, 0.05) is 15.6 Å². The van der Waals surface area contributed by atoms with Crippen molar-refractivity contribution >= 4 is 29.1 Å². The summed E-state index contributed by atoms with van der Waals surface area (Å²) in [6, 6.07) is 4.41. The van der Waals surface area contributed by atoms with E-state index in [1.807, 2.05) is 0 Å². The lowest BCUT2D eigenvalue weighted by Crippen LogP contribution is -2.42. The van der Waals surface area contributed by atoms with E-state index in [-0.39, 0.29) is 5.56 Å². The van der Waals surface area contributed by atoms with Crippen LogP contribution in [-0.4, -0.2) is 11.4 Å². The number of carbonyl (C=O) groups excluding carboxylic acids is 1. The van der Waals surface area contributed by atoms with E-state index in [2.05, 4.69) is 5.92 Å². The maximum absolute atomic E-state index is 12.0. The van der Waals surface area contributed by atoms with Gasteiger partial charge in [0.15, 0.2) is 1.41 Å². The number of carbonyl (C=O) groups is 1. The van der Waals surface area contributed by atoms with Crippen LogP contribution in [0.2, 0.25) is 11.5 Å². The first kappa shape index (κ1) is 11.3. The van der Waals surface area contributed by atoms with Crippen molar-refractivity contribution < 1.29 is 6.21 Å². The van der Waals surface area contributed by atoms with E-state index < -0.39 is 11.4 Å². The molecular weight excluding hydrogens is 245 g/mol. The number of halogens is 2. The molecule has 0 fully saturated rings. The second kappa shape index (κ2) is 4.78. The zero-order valence-corrected chi connectivity index (χ0v) is 10.4. The van der Waals surface area contributed by atoms with Crippen LogP contribution in [-0.2, 0) is 0 Å². The van der Waals surface area contributed by atoms with E-state index in [1.54, 1.807) is 13.8 Å². The van der Waals surface area contributed by atoms with E-state index >= 15 is 0 Å². The molecule has 84 valence electrons. The number of terminal acetylenes is 1. The second-order valence-corrected chi connectivity index (χ2v) is 4.65. The molecule has 1 N–H and O–H groups in total. The predicted molar refractivity (Wildman–Crippen MR) is 66.8 cm³/mol. The van der Waals surface area contributed by atoms with Crippen LogP contribution in [0.25, 0.3) is 0 Å². The molecule has 0 spiro atoms. The second-order valence-electron chi connectivity index (χ2n) is 3.78. The lowest BCUT2D eigenvalue weighted by atomic mass is 10.1. The number of hydrogen-bond acceptors (Lipinski definition) is 1. The first-order valence-electron chi connectivity index (χ1n) is 5.00. The molecule has 0 heterocycles. The van der Waals surface area contributed by atoms with Gasteiger partial charge in [-0.05, 0) is 32.0 Å². The van der Waals surface area contributed by atoms with Gasteiger partial charge in [-0.25, -0.2) is 0 Å². The number of benzene rings is 1. The fourth-order valence-corrected chi connectivity index (χ4v) is 1.55. The van der Waals surface area contributed by atoms with Gasteiger partial charge in [0.05, 0.1) is 5.54 Å². The number of amides is 1. The fourth-order valence-electron chi connectivity index (χ4n) is 1.03. The molecule has 0 aliphatic rings. The Kier molecular flexibility index (Phi) is 3.38. The van der Waals surface area contributed by atoms with Gasteiger partial charge in [0.2, 0.25) is 0 Å². The minimum Gasteiger partial charge on any atom is -0.336 e. The summed E-state index contributed by atoms with van der Waals surface area (Å²) in [7, 11) is 0. The van der Waals surface area contributed by atoms with Gasteiger partial charge in [-0.3, -0.25) is 4.79 Å². The Hall–Kier alpha value is -1.17. The standard InChI is InChI=1S/C12H11Cl2NO/c1-4-12(2,3)15-11(16)8-5-9(13)7-10(14)6-8/h1,5-7H,2-3H3,(H,15,16)/i/hD. The van der Waals surface area contributed by atoms with Crippen LogP contribution in [0, 0.1) is 12.3 Å². The Labute approximate surface area is 106 Å². The Morgan fingerprint density at radius 3 is 2.38 bits per heavy atom. The lowest BCUT2D eigenvalue weighted by molar-refractivity contribution is 0.0930. The van der Waals surface area contributed by atoms with Crippen LogP contribution in [0.15, 0.2) is 18.2 Å². The minimum atomic E-state index is -0.994. The van der Waals surface area contributed by atoms with Gasteiger partial charge < -0.3 is 5.31 Å². The molecule has 2 nitrogen and oxygen atoms in total. The van der Waals surface area contributed by atoms with E-state index in [4.69, 9.17) is 31.0 Å². The molecule has 0 bridgehead atoms. The zero-order valence-electron chi connectivity index (χ0n) is 9.92. The van der Waals surface area contributed by atoms with Crippen molar-refractivity contribution in [3.05, 3.63) is 33.8 Å².